The Labute approximate surface area is 74.9 Å². The first-order chi connectivity index (χ1) is 5.65. The van der Waals surface area contributed by atoms with Crippen molar-refractivity contribution in [1.29, 1.82) is 0 Å². The Morgan fingerprint density at radius 1 is 1.17 bits per heavy atom. The van der Waals surface area contributed by atoms with E-state index in [-0.39, 0.29) is 0 Å². The molecule has 0 fully saturated rings. The third-order valence-electron chi connectivity index (χ3n) is 2.40. The summed E-state index contributed by atoms with van der Waals surface area (Å²) in [6, 6.07) is 6.60. The van der Waals surface area contributed by atoms with E-state index >= 15 is 0 Å². The lowest BCUT2D eigenvalue weighted by molar-refractivity contribution is 1.32. The molecule has 1 aromatic rings. The van der Waals surface area contributed by atoms with Crippen LogP contribution in [0.3, 0.4) is 0 Å². The molecule has 0 bridgehead atoms. The summed E-state index contributed by atoms with van der Waals surface area (Å²) in [7, 11) is 0. The second-order valence-corrected chi connectivity index (χ2v) is 3.27. The minimum Gasteiger partial charge on any atom is -0.0841 e. The summed E-state index contributed by atoms with van der Waals surface area (Å²) < 4.78 is 0. The molecule has 0 N–H and O–H groups in total. The highest BCUT2D eigenvalue weighted by Crippen LogP contribution is 2.17. The van der Waals surface area contributed by atoms with Gasteiger partial charge in [0.2, 0.25) is 0 Å². The molecule has 0 saturated carbocycles. The van der Waals surface area contributed by atoms with Gasteiger partial charge in [-0.2, -0.15) is 0 Å². The minimum absolute atomic E-state index is 1.33. The van der Waals surface area contributed by atoms with E-state index < -0.39 is 0 Å². The highest BCUT2D eigenvalue weighted by Gasteiger charge is 1.96. The van der Waals surface area contributed by atoms with E-state index in [1.54, 1.807) is 0 Å². The van der Waals surface area contributed by atoms with Crippen LogP contribution in [0.1, 0.15) is 30.5 Å². The van der Waals surface area contributed by atoms with E-state index in [1.807, 2.05) is 0 Å². The van der Waals surface area contributed by atoms with Gasteiger partial charge < -0.3 is 0 Å². The fourth-order valence-electron chi connectivity index (χ4n) is 1.15. The highest BCUT2D eigenvalue weighted by molar-refractivity contribution is 5.64. The van der Waals surface area contributed by atoms with Crippen LogP contribution in [0.2, 0.25) is 0 Å². The van der Waals surface area contributed by atoms with Crippen molar-refractivity contribution in [3.63, 3.8) is 0 Å². The summed E-state index contributed by atoms with van der Waals surface area (Å²) in [6.07, 6.45) is 2.14. The first-order valence-corrected chi connectivity index (χ1v) is 4.35. The van der Waals surface area contributed by atoms with E-state index in [4.69, 9.17) is 0 Å². The van der Waals surface area contributed by atoms with Crippen LogP contribution >= 0.6 is 0 Å². The molecule has 0 amide bonds. The van der Waals surface area contributed by atoms with Gasteiger partial charge in [0.05, 0.1) is 0 Å². The van der Waals surface area contributed by atoms with Crippen LogP contribution in [0.25, 0.3) is 5.57 Å². The molecule has 0 aromatic heterocycles. The molecule has 0 heterocycles. The van der Waals surface area contributed by atoms with E-state index in [0.717, 1.165) is 0 Å². The fourth-order valence-corrected chi connectivity index (χ4v) is 1.15. The Morgan fingerprint density at radius 2 is 1.83 bits per heavy atom. The Bertz CT molecular complexity index is 306. The molecule has 0 aliphatic carbocycles. The lowest BCUT2D eigenvalue weighted by Gasteiger charge is -2.04. The van der Waals surface area contributed by atoms with Crippen LogP contribution < -0.4 is 0 Å². The average Bonchev–Trinajstić information content (AvgIpc) is 2.08. The Balaban J connectivity index is 3.13. The molecule has 0 atom stereocenters. The van der Waals surface area contributed by atoms with Crippen LogP contribution in [0.15, 0.2) is 24.3 Å². The Kier molecular flexibility index (Phi) is 2.69. The highest BCUT2D eigenvalue weighted by atomic mass is 14.0. The molecule has 0 saturated heterocycles. The first-order valence-electron chi connectivity index (χ1n) is 4.35. The monoisotopic (exact) mass is 160 g/mol. The Hall–Kier alpha value is -1.04. The average molecular weight is 160 g/mol. The predicted molar refractivity (Wildman–Crippen MR) is 55.2 cm³/mol. The molecule has 0 aliphatic rings. The second kappa shape index (κ2) is 3.57. The molecule has 64 valence electrons. The van der Waals surface area contributed by atoms with Crippen molar-refractivity contribution in [3.8, 4) is 0 Å². The molecular weight excluding hydrogens is 144 g/mol. The van der Waals surface area contributed by atoms with Gasteiger partial charge in [0.15, 0.2) is 0 Å². The van der Waals surface area contributed by atoms with Crippen LogP contribution in [0.5, 0.6) is 0 Å². The van der Waals surface area contributed by atoms with Gasteiger partial charge in [0.1, 0.15) is 0 Å². The Morgan fingerprint density at radius 3 is 2.33 bits per heavy atom. The van der Waals surface area contributed by atoms with Crippen LogP contribution in [-0.4, -0.2) is 0 Å². The van der Waals surface area contributed by atoms with Gasteiger partial charge in [-0.3, -0.25) is 0 Å². The SMILES string of the molecule is C/C=C(/C)c1ccc(C)c(C)c1. The van der Waals surface area contributed by atoms with E-state index in [9.17, 15) is 0 Å². The lowest BCUT2D eigenvalue weighted by Crippen LogP contribution is -1.84. The summed E-state index contributed by atoms with van der Waals surface area (Å²) in [5, 5.41) is 0. The molecule has 0 nitrogen and oxygen atoms in total. The molecule has 12 heavy (non-hydrogen) atoms. The molecule has 1 rings (SSSR count). The molecule has 0 radical (unpaired) electrons. The number of benzene rings is 1. The molecule has 0 spiro atoms. The summed E-state index contributed by atoms with van der Waals surface area (Å²) in [5.41, 5.74) is 5.41. The van der Waals surface area contributed by atoms with Crippen molar-refractivity contribution in [1.82, 2.24) is 0 Å². The third-order valence-corrected chi connectivity index (χ3v) is 2.40. The van der Waals surface area contributed by atoms with Gasteiger partial charge in [-0.05, 0) is 50.0 Å². The maximum Gasteiger partial charge on any atom is -0.0228 e. The zero-order valence-corrected chi connectivity index (χ0v) is 8.31. The molecule has 0 heteroatoms. The van der Waals surface area contributed by atoms with E-state index in [0.29, 0.717) is 0 Å². The minimum atomic E-state index is 1.33. The number of aryl methyl sites for hydroxylation is 2. The fraction of sp³-hybridized carbons (Fsp3) is 0.333. The zero-order chi connectivity index (χ0) is 9.14. The summed E-state index contributed by atoms with van der Waals surface area (Å²) in [4.78, 5) is 0. The topological polar surface area (TPSA) is 0 Å². The number of allylic oxidation sites excluding steroid dienone is 2. The van der Waals surface area contributed by atoms with Crippen molar-refractivity contribution in [2.45, 2.75) is 27.7 Å². The predicted octanol–water partition coefficient (Wildman–Crippen LogP) is 3.73. The van der Waals surface area contributed by atoms with Gasteiger partial charge in [-0.25, -0.2) is 0 Å². The maximum absolute atomic E-state index is 2.24. The molecular formula is C12H16. The summed E-state index contributed by atoms with van der Waals surface area (Å²) in [5.74, 6) is 0. The quantitative estimate of drug-likeness (QED) is 0.587. The zero-order valence-electron chi connectivity index (χ0n) is 8.31. The largest absolute Gasteiger partial charge is 0.0841 e. The normalized spacial score (nSPS) is 11.8. The third kappa shape index (κ3) is 1.76. The van der Waals surface area contributed by atoms with Crippen molar-refractivity contribution in [2.24, 2.45) is 0 Å². The van der Waals surface area contributed by atoms with Crippen molar-refractivity contribution in [3.05, 3.63) is 41.0 Å². The standard InChI is InChI=1S/C12H16/c1-5-9(2)12-7-6-10(3)11(4)8-12/h5-8H,1-4H3/b9-5-. The van der Waals surface area contributed by atoms with Crippen LogP contribution in [-0.2, 0) is 0 Å². The van der Waals surface area contributed by atoms with Crippen molar-refractivity contribution in [2.75, 3.05) is 0 Å². The molecule has 1 aromatic carbocycles. The van der Waals surface area contributed by atoms with E-state index in [2.05, 4.69) is 52.0 Å². The van der Waals surface area contributed by atoms with Crippen LogP contribution in [0, 0.1) is 13.8 Å². The summed E-state index contributed by atoms with van der Waals surface area (Å²) in [6.45, 7) is 8.51. The lowest BCUT2D eigenvalue weighted by atomic mass is 10.0. The van der Waals surface area contributed by atoms with Gasteiger partial charge in [0, 0.05) is 0 Å². The van der Waals surface area contributed by atoms with E-state index in [1.165, 1.54) is 22.3 Å². The summed E-state index contributed by atoms with van der Waals surface area (Å²) >= 11 is 0. The van der Waals surface area contributed by atoms with Crippen LogP contribution in [0.4, 0.5) is 0 Å². The number of hydrogen-bond donors (Lipinski definition) is 0. The van der Waals surface area contributed by atoms with Gasteiger partial charge >= 0.3 is 0 Å². The van der Waals surface area contributed by atoms with Crippen molar-refractivity contribution >= 4 is 5.57 Å². The van der Waals surface area contributed by atoms with Gasteiger partial charge in [-0.1, -0.05) is 24.3 Å². The van der Waals surface area contributed by atoms with Gasteiger partial charge in [0.25, 0.3) is 0 Å². The van der Waals surface area contributed by atoms with Crippen molar-refractivity contribution < 1.29 is 0 Å². The maximum atomic E-state index is 2.24. The number of rotatable bonds is 1. The molecule has 0 aliphatic heterocycles. The molecule has 0 unspecified atom stereocenters. The smallest absolute Gasteiger partial charge is 0.0228 e. The number of hydrogen-bond acceptors (Lipinski definition) is 0. The van der Waals surface area contributed by atoms with Gasteiger partial charge in [-0.15, -0.1) is 0 Å². The second-order valence-electron chi connectivity index (χ2n) is 3.27. The first kappa shape index (κ1) is 9.05.